The Kier molecular flexibility index (Phi) is 3.94. The SMILES string of the molecule is CC1(CNc2ccc(C(N)=S)cc2)CCCS1. The van der Waals surface area contributed by atoms with Gasteiger partial charge in [0.15, 0.2) is 0 Å². The van der Waals surface area contributed by atoms with E-state index in [-0.39, 0.29) is 0 Å². The van der Waals surface area contributed by atoms with Crippen molar-refractivity contribution in [3.63, 3.8) is 0 Å². The van der Waals surface area contributed by atoms with E-state index in [4.69, 9.17) is 18.0 Å². The largest absolute Gasteiger partial charge is 0.389 e. The first-order valence-corrected chi connectivity index (χ1v) is 7.26. The van der Waals surface area contributed by atoms with Crippen LogP contribution >= 0.6 is 24.0 Å². The van der Waals surface area contributed by atoms with Gasteiger partial charge in [-0.3, -0.25) is 0 Å². The molecule has 2 rings (SSSR count). The molecule has 4 heteroatoms. The summed E-state index contributed by atoms with van der Waals surface area (Å²) in [5.74, 6) is 1.29. The molecule has 0 radical (unpaired) electrons. The van der Waals surface area contributed by atoms with Gasteiger partial charge in [0.1, 0.15) is 4.99 Å². The zero-order chi connectivity index (χ0) is 12.3. The van der Waals surface area contributed by atoms with E-state index in [0.717, 1.165) is 17.8 Å². The van der Waals surface area contributed by atoms with Crippen LogP contribution in [0.5, 0.6) is 0 Å². The maximum absolute atomic E-state index is 5.57. The van der Waals surface area contributed by atoms with Crippen LogP contribution in [0.2, 0.25) is 0 Å². The van der Waals surface area contributed by atoms with Crippen molar-refractivity contribution in [2.45, 2.75) is 24.5 Å². The lowest BCUT2D eigenvalue weighted by atomic mass is 10.1. The number of hydrogen-bond donors (Lipinski definition) is 2. The summed E-state index contributed by atoms with van der Waals surface area (Å²) in [6.07, 6.45) is 2.64. The number of thiocarbonyl (C=S) groups is 1. The van der Waals surface area contributed by atoms with Crippen LogP contribution in [0.1, 0.15) is 25.3 Å². The molecular formula is C13H18N2S2. The Hall–Kier alpha value is -0.740. The summed E-state index contributed by atoms with van der Waals surface area (Å²) >= 11 is 7.00. The minimum Gasteiger partial charge on any atom is -0.389 e. The third kappa shape index (κ3) is 3.36. The smallest absolute Gasteiger partial charge is 0.103 e. The molecule has 1 aliphatic heterocycles. The van der Waals surface area contributed by atoms with E-state index in [1.54, 1.807) is 0 Å². The van der Waals surface area contributed by atoms with Gasteiger partial charge in [-0.2, -0.15) is 11.8 Å². The average molecular weight is 266 g/mol. The van der Waals surface area contributed by atoms with E-state index < -0.39 is 0 Å². The first-order chi connectivity index (χ1) is 8.09. The van der Waals surface area contributed by atoms with E-state index in [2.05, 4.69) is 24.0 Å². The predicted octanol–water partition coefficient (Wildman–Crippen LogP) is 3.02. The lowest BCUT2D eigenvalue weighted by Gasteiger charge is -2.23. The van der Waals surface area contributed by atoms with Crippen molar-refractivity contribution in [3.8, 4) is 0 Å². The molecule has 1 aliphatic rings. The summed E-state index contributed by atoms with van der Waals surface area (Å²) in [4.78, 5) is 0.454. The van der Waals surface area contributed by atoms with Crippen LogP contribution < -0.4 is 11.1 Å². The number of rotatable bonds is 4. The monoisotopic (exact) mass is 266 g/mol. The van der Waals surface area contributed by atoms with E-state index >= 15 is 0 Å². The fourth-order valence-corrected chi connectivity index (χ4v) is 3.40. The van der Waals surface area contributed by atoms with Crippen molar-refractivity contribution in [2.75, 3.05) is 17.6 Å². The zero-order valence-electron chi connectivity index (χ0n) is 10.0. The van der Waals surface area contributed by atoms with Crippen molar-refractivity contribution >= 4 is 34.7 Å². The Labute approximate surface area is 112 Å². The van der Waals surface area contributed by atoms with E-state index in [9.17, 15) is 0 Å². The maximum Gasteiger partial charge on any atom is 0.103 e. The number of benzene rings is 1. The Bertz CT molecular complexity index is 394. The molecule has 1 saturated heterocycles. The van der Waals surface area contributed by atoms with Gasteiger partial charge in [0, 0.05) is 22.5 Å². The summed E-state index contributed by atoms with van der Waals surface area (Å²) in [7, 11) is 0. The molecule has 1 heterocycles. The highest BCUT2D eigenvalue weighted by Gasteiger charge is 2.28. The minimum absolute atomic E-state index is 0.391. The second-order valence-corrected chi connectivity index (χ2v) is 6.82. The molecule has 3 N–H and O–H groups in total. The predicted molar refractivity (Wildman–Crippen MR) is 80.9 cm³/mol. The van der Waals surface area contributed by atoms with Crippen molar-refractivity contribution in [3.05, 3.63) is 29.8 Å². The molecule has 0 spiro atoms. The van der Waals surface area contributed by atoms with Crippen LogP contribution in [-0.2, 0) is 0 Å². The highest BCUT2D eigenvalue weighted by molar-refractivity contribution is 8.00. The average Bonchev–Trinajstić information content (AvgIpc) is 2.75. The fraction of sp³-hybridized carbons (Fsp3) is 0.462. The number of hydrogen-bond acceptors (Lipinski definition) is 3. The van der Waals surface area contributed by atoms with Crippen LogP contribution in [0.25, 0.3) is 0 Å². The summed E-state index contributed by atoms with van der Waals surface area (Å²) in [5, 5.41) is 3.49. The van der Waals surface area contributed by atoms with Crippen molar-refractivity contribution < 1.29 is 0 Å². The zero-order valence-corrected chi connectivity index (χ0v) is 11.7. The normalized spacial score (nSPS) is 23.6. The molecule has 1 atom stereocenters. The van der Waals surface area contributed by atoms with Gasteiger partial charge in [0.05, 0.1) is 0 Å². The van der Waals surface area contributed by atoms with E-state index in [1.807, 2.05) is 24.3 Å². The number of thioether (sulfide) groups is 1. The Balaban J connectivity index is 1.93. The van der Waals surface area contributed by atoms with Crippen LogP contribution in [-0.4, -0.2) is 22.0 Å². The molecule has 0 amide bonds. The number of nitrogens with one attached hydrogen (secondary N) is 1. The van der Waals surface area contributed by atoms with Gasteiger partial charge >= 0.3 is 0 Å². The highest BCUT2D eigenvalue weighted by atomic mass is 32.2. The summed E-state index contributed by atoms with van der Waals surface area (Å²) < 4.78 is 0.391. The van der Waals surface area contributed by atoms with Crippen molar-refractivity contribution in [1.82, 2.24) is 0 Å². The van der Waals surface area contributed by atoms with Gasteiger partial charge in [-0.15, -0.1) is 0 Å². The third-order valence-corrected chi connectivity index (χ3v) is 4.91. The maximum atomic E-state index is 5.57. The van der Waals surface area contributed by atoms with Crippen LogP contribution in [0.15, 0.2) is 24.3 Å². The third-order valence-electron chi connectivity index (χ3n) is 3.14. The Morgan fingerprint density at radius 3 is 2.71 bits per heavy atom. The van der Waals surface area contributed by atoms with Crippen molar-refractivity contribution in [2.24, 2.45) is 5.73 Å². The molecule has 1 aromatic carbocycles. The first kappa shape index (κ1) is 12.7. The molecule has 1 aromatic rings. The molecule has 0 aliphatic carbocycles. The summed E-state index contributed by atoms with van der Waals surface area (Å²) in [6, 6.07) is 8.01. The second kappa shape index (κ2) is 5.27. The molecule has 0 aromatic heterocycles. The molecular weight excluding hydrogens is 248 g/mol. The molecule has 17 heavy (non-hydrogen) atoms. The molecule has 1 fully saturated rings. The highest BCUT2D eigenvalue weighted by Crippen LogP contribution is 2.37. The van der Waals surface area contributed by atoms with Crippen LogP contribution in [0, 0.1) is 0 Å². The molecule has 1 unspecified atom stereocenters. The van der Waals surface area contributed by atoms with Gasteiger partial charge < -0.3 is 11.1 Å². The van der Waals surface area contributed by atoms with E-state index in [0.29, 0.717) is 9.74 Å². The van der Waals surface area contributed by atoms with Gasteiger partial charge in [-0.05, 0) is 49.8 Å². The first-order valence-electron chi connectivity index (χ1n) is 5.87. The standard InChI is InChI=1S/C13H18N2S2/c1-13(7-2-8-17-13)9-15-11-5-3-10(4-6-11)12(14)16/h3-6,15H,2,7-9H2,1H3,(H2,14,16). The van der Waals surface area contributed by atoms with Gasteiger partial charge in [-0.25, -0.2) is 0 Å². The minimum atomic E-state index is 0.391. The van der Waals surface area contributed by atoms with E-state index in [1.165, 1.54) is 18.6 Å². The molecule has 92 valence electrons. The Morgan fingerprint density at radius 1 is 1.47 bits per heavy atom. The number of nitrogens with two attached hydrogens (primary N) is 1. The number of anilines is 1. The second-order valence-electron chi connectivity index (χ2n) is 4.70. The Morgan fingerprint density at radius 2 is 2.18 bits per heavy atom. The van der Waals surface area contributed by atoms with Crippen molar-refractivity contribution in [1.29, 1.82) is 0 Å². The van der Waals surface area contributed by atoms with Gasteiger partial charge in [0.25, 0.3) is 0 Å². The van der Waals surface area contributed by atoms with Gasteiger partial charge in [0.2, 0.25) is 0 Å². The molecule has 2 nitrogen and oxygen atoms in total. The fourth-order valence-electron chi connectivity index (χ4n) is 2.02. The lowest BCUT2D eigenvalue weighted by molar-refractivity contribution is 0.635. The van der Waals surface area contributed by atoms with Gasteiger partial charge in [-0.1, -0.05) is 12.2 Å². The quantitative estimate of drug-likeness (QED) is 0.822. The topological polar surface area (TPSA) is 38.0 Å². The summed E-state index contributed by atoms with van der Waals surface area (Å²) in [5.41, 5.74) is 7.63. The molecule has 0 saturated carbocycles. The van der Waals surface area contributed by atoms with Crippen LogP contribution in [0.4, 0.5) is 5.69 Å². The van der Waals surface area contributed by atoms with Crippen LogP contribution in [0.3, 0.4) is 0 Å². The lowest BCUT2D eigenvalue weighted by Crippen LogP contribution is -2.27. The molecule has 0 bridgehead atoms. The summed E-state index contributed by atoms with van der Waals surface area (Å²) in [6.45, 7) is 3.35.